The van der Waals surface area contributed by atoms with Gasteiger partial charge in [-0.3, -0.25) is 9.78 Å². The molecule has 1 aromatic carbocycles. The molecule has 1 fully saturated rings. The molecule has 1 amide bonds. The molecule has 2 aromatic rings. The Labute approximate surface area is 125 Å². The second-order valence-electron chi connectivity index (χ2n) is 5.71. The first-order valence-corrected chi connectivity index (χ1v) is 7.61. The van der Waals surface area contributed by atoms with Gasteiger partial charge in [0.25, 0.3) is 0 Å². The number of benzene rings is 1. The van der Waals surface area contributed by atoms with Crippen LogP contribution in [0.5, 0.6) is 0 Å². The molecule has 0 aliphatic carbocycles. The molecule has 1 saturated heterocycles. The Bertz CT molecular complexity index is 648. The van der Waals surface area contributed by atoms with E-state index in [0.29, 0.717) is 12.5 Å². The van der Waals surface area contributed by atoms with Crippen LogP contribution in [0, 0.1) is 6.92 Å². The Morgan fingerprint density at radius 2 is 2.33 bits per heavy atom. The summed E-state index contributed by atoms with van der Waals surface area (Å²) in [6.45, 7) is 3.12. The Morgan fingerprint density at radius 1 is 1.43 bits per heavy atom. The van der Waals surface area contributed by atoms with Crippen molar-refractivity contribution in [3.05, 3.63) is 36.0 Å². The number of amides is 1. The van der Waals surface area contributed by atoms with Crippen molar-refractivity contribution in [1.29, 1.82) is 0 Å². The summed E-state index contributed by atoms with van der Waals surface area (Å²) < 4.78 is 0. The number of rotatable bonds is 4. The van der Waals surface area contributed by atoms with Crippen LogP contribution in [-0.4, -0.2) is 23.5 Å². The maximum atomic E-state index is 12.1. The monoisotopic (exact) mass is 283 g/mol. The molecule has 1 unspecified atom stereocenters. The van der Waals surface area contributed by atoms with E-state index in [1.54, 1.807) is 6.20 Å². The second-order valence-corrected chi connectivity index (χ2v) is 5.71. The van der Waals surface area contributed by atoms with Gasteiger partial charge in [-0.05, 0) is 56.5 Å². The van der Waals surface area contributed by atoms with Gasteiger partial charge in [-0.2, -0.15) is 0 Å². The zero-order valence-electron chi connectivity index (χ0n) is 12.4. The molecule has 21 heavy (non-hydrogen) atoms. The van der Waals surface area contributed by atoms with Crippen LogP contribution in [0.3, 0.4) is 0 Å². The van der Waals surface area contributed by atoms with E-state index in [1.165, 1.54) is 12.8 Å². The first-order chi connectivity index (χ1) is 10.2. The molecule has 4 nitrogen and oxygen atoms in total. The lowest BCUT2D eigenvalue weighted by Crippen LogP contribution is -2.23. The van der Waals surface area contributed by atoms with Gasteiger partial charge in [0.05, 0.1) is 11.2 Å². The predicted octanol–water partition coefficient (Wildman–Crippen LogP) is 3.01. The molecule has 1 atom stereocenters. The normalized spacial score (nSPS) is 18.0. The number of fused-ring (bicyclic) bond motifs is 1. The maximum absolute atomic E-state index is 12.1. The molecule has 110 valence electrons. The Morgan fingerprint density at radius 3 is 3.14 bits per heavy atom. The van der Waals surface area contributed by atoms with Crippen LogP contribution in [-0.2, 0) is 4.79 Å². The molecule has 1 aromatic heterocycles. The van der Waals surface area contributed by atoms with E-state index in [-0.39, 0.29) is 5.91 Å². The van der Waals surface area contributed by atoms with E-state index in [0.717, 1.165) is 35.1 Å². The molecule has 4 heteroatoms. The highest BCUT2D eigenvalue weighted by Gasteiger charge is 2.15. The number of carbonyl (C=O) groups excluding carboxylic acids is 1. The van der Waals surface area contributed by atoms with Gasteiger partial charge in [-0.25, -0.2) is 0 Å². The summed E-state index contributed by atoms with van der Waals surface area (Å²) in [5, 5.41) is 7.46. The first kappa shape index (κ1) is 14.0. The number of hydrogen-bond acceptors (Lipinski definition) is 3. The average molecular weight is 283 g/mol. The summed E-state index contributed by atoms with van der Waals surface area (Å²) >= 11 is 0. The van der Waals surface area contributed by atoms with Gasteiger partial charge in [-0.15, -0.1) is 0 Å². The third kappa shape index (κ3) is 3.22. The highest BCUT2D eigenvalue weighted by Crippen LogP contribution is 2.24. The highest BCUT2D eigenvalue weighted by atomic mass is 16.1. The Hall–Kier alpha value is -1.94. The van der Waals surface area contributed by atoms with Crippen LogP contribution in [0.2, 0.25) is 0 Å². The van der Waals surface area contributed by atoms with Crippen molar-refractivity contribution in [2.75, 3.05) is 11.9 Å². The number of aryl methyl sites for hydroxylation is 1. The molecular formula is C17H21N3O. The number of nitrogens with one attached hydrogen (secondary N) is 2. The Balaban J connectivity index is 1.69. The van der Waals surface area contributed by atoms with Gasteiger partial charge >= 0.3 is 0 Å². The number of hydrogen-bond donors (Lipinski definition) is 2. The van der Waals surface area contributed by atoms with E-state index in [1.807, 2.05) is 31.2 Å². The minimum atomic E-state index is 0.0812. The molecule has 3 rings (SSSR count). The van der Waals surface area contributed by atoms with E-state index < -0.39 is 0 Å². The molecule has 1 aliphatic rings. The fraction of sp³-hybridized carbons (Fsp3) is 0.412. The number of nitrogens with zero attached hydrogens (tertiary/aromatic N) is 1. The number of pyridine rings is 1. The minimum Gasteiger partial charge on any atom is -0.325 e. The van der Waals surface area contributed by atoms with Crippen molar-refractivity contribution in [3.8, 4) is 0 Å². The van der Waals surface area contributed by atoms with Crippen LogP contribution < -0.4 is 10.6 Å². The third-order valence-corrected chi connectivity index (χ3v) is 4.13. The summed E-state index contributed by atoms with van der Waals surface area (Å²) in [7, 11) is 0. The van der Waals surface area contributed by atoms with Gasteiger partial charge in [0, 0.05) is 24.0 Å². The fourth-order valence-corrected chi connectivity index (χ4v) is 2.94. The average Bonchev–Trinajstić information content (AvgIpc) is 3.02. The van der Waals surface area contributed by atoms with Crippen LogP contribution in [0.15, 0.2) is 30.5 Å². The molecule has 2 heterocycles. The zero-order chi connectivity index (χ0) is 14.7. The van der Waals surface area contributed by atoms with Crippen LogP contribution >= 0.6 is 0 Å². The first-order valence-electron chi connectivity index (χ1n) is 7.61. The van der Waals surface area contributed by atoms with E-state index in [9.17, 15) is 4.79 Å². The summed E-state index contributed by atoms with van der Waals surface area (Å²) in [5.41, 5.74) is 2.93. The van der Waals surface area contributed by atoms with E-state index in [2.05, 4.69) is 15.6 Å². The summed E-state index contributed by atoms with van der Waals surface area (Å²) in [6.07, 6.45) is 5.67. The smallest absolute Gasteiger partial charge is 0.224 e. The van der Waals surface area contributed by atoms with Crippen LogP contribution in [0.25, 0.3) is 10.9 Å². The quantitative estimate of drug-likeness (QED) is 0.907. The molecule has 0 saturated carbocycles. The SMILES string of the molecule is Cc1ccc(NC(=O)CCC2CCCN2)c2cccnc12. The number of carbonyl (C=O) groups is 1. The van der Waals surface area contributed by atoms with Crippen molar-refractivity contribution in [2.45, 2.75) is 38.6 Å². The van der Waals surface area contributed by atoms with Gasteiger partial charge < -0.3 is 10.6 Å². The summed E-state index contributed by atoms with van der Waals surface area (Å²) in [6, 6.07) is 8.38. The third-order valence-electron chi connectivity index (χ3n) is 4.13. The molecule has 0 radical (unpaired) electrons. The minimum absolute atomic E-state index is 0.0812. The van der Waals surface area contributed by atoms with Gasteiger partial charge in [0.15, 0.2) is 0 Å². The van der Waals surface area contributed by atoms with Crippen molar-refractivity contribution in [1.82, 2.24) is 10.3 Å². The molecular weight excluding hydrogens is 262 g/mol. The van der Waals surface area contributed by atoms with Crippen molar-refractivity contribution >= 4 is 22.5 Å². The lowest BCUT2D eigenvalue weighted by molar-refractivity contribution is -0.116. The lowest BCUT2D eigenvalue weighted by Gasteiger charge is -2.12. The summed E-state index contributed by atoms with van der Waals surface area (Å²) in [5.74, 6) is 0.0812. The molecule has 2 N–H and O–H groups in total. The molecule has 1 aliphatic heterocycles. The van der Waals surface area contributed by atoms with Crippen molar-refractivity contribution < 1.29 is 4.79 Å². The largest absolute Gasteiger partial charge is 0.325 e. The predicted molar refractivity (Wildman–Crippen MR) is 85.4 cm³/mol. The maximum Gasteiger partial charge on any atom is 0.224 e. The molecule has 0 bridgehead atoms. The topological polar surface area (TPSA) is 54.0 Å². The lowest BCUT2D eigenvalue weighted by atomic mass is 10.1. The fourth-order valence-electron chi connectivity index (χ4n) is 2.94. The van der Waals surface area contributed by atoms with Crippen LogP contribution in [0.1, 0.15) is 31.2 Å². The van der Waals surface area contributed by atoms with Crippen molar-refractivity contribution in [2.24, 2.45) is 0 Å². The van der Waals surface area contributed by atoms with E-state index in [4.69, 9.17) is 0 Å². The Kier molecular flexibility index (Phi) is 4.15. The van der Waals surface area contributed by atoms with E-state index >= 15 is 0 Å². The van der Waals surface area contributed by atoms with Gasteiger partial charge in [0.2, 0.25) is 5.91 Å². The van der Waals surface area contributed by atoms with Crippen LogP contribution in [0.4, 0.5) is 5.69 Å². The molecule has 0 spiro atoms. The standard InChI is InChI=1S/C17H21N3O/c1-12-6-8-15(14-5-3-11-19-17(12)14)20-16(21)9-7-13-4-2-10-18-13/h3,5-6,8,11,13,18H,2,4,7,9-10H2,1H3,(H,20,21). The van der Waals surface area contributed by atoms with Crippen molar-refractivity contribution in [3.63, 3.8) is 0 Å². The number of anilines is 1. The van der Waals surface area contributed by atoms with Gasteiger partial charge in [-0.1, -0.05) is 6.07 Å². The summed E-state index contributed by atoms with van der Waals surface area (Å²) in [4.78, 5) is 16.5. The highest BCUT2D eigenvalue weighted by molar-refractivity contribution is 6.01. The number of aromatic nitrogens is 1. The zero-order valence-corrected chi connectivity index (χ0v) is 12.4. The second kappa shape index (κ2) is 6.22. The van der Waals surface area contributed by atoms with Gasteiger partial charge in [0.1, 0.15) is 0 Å².